The van der Waals surface area contributed by atoms with Gasteiger partial charge in [-0.1, -0.05) is 31.8 Å². The second kappa shape index (κ2) is 5.12. The molecule has 1 unspecified atom stereocenters. The Morgan fingerprint density at radius 2 is 1.64 bits per heavy atom. The van der Waals surface area contributed by atoms with Crippen LogP contribution in [0.1, 0.15) is 17.3 Å². The lowest BCUT2D eigenvalue weighted by atomic mass is 9.96. The van der Waals surface area contributed by atoms with Gasteiger partial charge in [0.15, 0.2) is 23.5 Å². The van der Waals surface area contributed by atoms with Gasteiger partial charge < -0.3 is 4.43 Å². The summed E-state index contributed by atoms with van der Waals surface area (Å²) < 4.78 is 31.4. The van der Waals surface area contributed by atoms with E-state index in [0.717, 1.165) is 0 Å². The minimum Gasteiger partial charge on any atom is -0.406 e. The molecule has 0 saturated heterocycles. The van der Waals surface area contributed by atoms with Gasteiger partial charge in [-0.15, -0.1) is 0 Å². The van der Waals surface area contributed by atoms with Crippen LogP contribution in [0.4, 0.5) is 0 Å². The van der Waals surface area contributed by atoms with Crippen molar-refractivity contribution in [2.75, 3.05) is 5.75 Å². The number of carbonyl (C=O) groups is 1. The minimum atomic E-state index is -3.51. The molecular formula is C15H24O4SSi2. The van der Waals surface area contributed by atoms with Crippen LogP contribution in [0.2, 0.25) is 32.7 Å². The molecule has 0 aromatic heterocycles. The molecule has 1 heterocycles. The van der Waals surface area contributed by atoms with E-state index in [4.69, 9.17) is 4.43 Å². The van der Waals surface area contributed by atoms with E-state index >= 15 is 0 Å². The van der Waals surface area contributed by atoms with Crippen LogP contribution in [-0.2, 0) is 14.3 Å². The highest BCUT2D eigenvalue weighted by atomic mass is 32.2. The lowest BCUT2D eigenvalue weighted by molar-refractivity contribution is 0.0565. The average molecular weight is 357 g/mol. The number of carbonyl (C=O) groups excluding carboxylic acids is 1. The Morgan fingerprint density at radius 3 is 2.18 bits per heavy atom. The third-order valence-corrected chi connectivity index (χ3v) is 22.4. The van der Waals surface area contributed by atoms with Crippen LogP contribution >= 0.6 is 0 Å². The maximum Gasteiger partial charge on any atom is 0.195 e. The van der Waals surface area contributed by atoms with Gasteiger partial charge >= 0.3 is 0 Å². The largest absolute Gasteiger partial charge is 0.406 e. The Morgan fingerprint density at radius 1 is 1.09 bits per heavy atom. The predicted octanol–water partition coefficient (Wildman–Crippen LogP) is 3.05. The molecular weight excluding hydrogens is 332 g/mol. The van der Waals surface area contributed by atoms with Crippen LogP contribution in [0.15, 0.2) is 29.2 Å². The summed E-state index contributed by atoms with van der Waals surface area (Å²) in [5.41, 5.74) is -1.01. The first-order valence-electron chi connectivity index (χ1n) is 7.37. The van der Waals surface area contributed by atoms with E-state index in [1.165, 1.54) is 6.07 Å². The Balaban J connectivity index is 2.53. The van der Waals surface area contributed by atoms with E-state index in [2.05, 4.69) is 32.7 Å². The summed E-state index contributed by atoms with van der Waals surface area (Å²) in [4.78, 5) is 13.0. The van der Waals surface area contributed by atoms with E-state index in [1.807, 2.05) is 0 Å². The summed E-state index contributed by atoms with van der Waals surface area (Å²) in [6.07, 6.45) is 0. The molecule has 22 heavy (non-hydrogen) atoms. The maximum absolute atomic E-state index is 12.9. The van der Waals surface area contributed by atoms with Crippen LogP contribution in [0.3, 0.4) is 0 Å². The smallest absolute Gasteiger partial charge is 0.195 e. The molecule has 7 heteroatoms. The van der Waals surface area contributed by atoms with Gasteiger partial charge in [-0.25, -0.2) is 8.42 Å². The van der Waals surface area contributed by atoms with Gasteiger partial charge in [0.1, 0.15) is 5.60 Å². The van der Waals surface area contributed by atoms with Crippen molar-refractivity contribution in [1.29, 1.82) is 0 Å². The molecule has 0 aliphatic carbocycles. The van der Waals surface area contributed by atoms with E-state index in [1.54, 1.807) is 25.1 Å². The molecule has 1 aliphatic rings. The van der Waals surface area contributed by atoms with Crippen LogP contribution in [-0.4, -0.2) is 41.0 Å². The average Bonchev–Trinajstić information content (AvgIpc) is 2.33. The number of ketones is 1. The molecule has 0 bridgehead atoms. The molecule has 1 atom stereocenters. The molecule has 1 aromatic rings. The summed E-state index contributed by atoms with van der Waals surface area (Å²) in [6, 6.07) is 6.43. The number of fused-ring (bicyclic) bond motifs is 1. The molecule has 1 aromatic carbocycles. The van der Waals surface area contributed by atoms with E-state index in [9.17, 15) is 13.2 Å². The molecule has 122 valence electrons. The van der Waals surface area contributed by atoms with Crippen molar-refractivity contribution in [3.63, 3.8) is 0 Å². The van der Waals surface area contributed by atoms with E-state index < -0.39 is 30.9 Å². The van der Waals surface area contributed by atoms with Crippen molar-refractivity contribution >= 4 is 31.0 Å². The Labute approximate surface area is 134 Å². The van der Waals surface area contributed by atoms with E-state index in [0.29, 0.717) is 0 Å². The van der Waals surface area contributed by atoms with Crippen molar-refractivity contribution in [2.24, 2.45) is 0 Å². The van der Waals surface area contributed by atoms with Crippen LogP contribution in [0, 0.1) is 0 Å². The number of hydrogen-bond acceptors (Lipinski definition) is 4. The van der Waals surface area contributed by atoms with Crippen molar-refractivity contribution in [2.45, 2.75) is 50.2 Å². The van der Waals surface area contributed by atoms with Crippen LogP contribution in [0.5, 0.6) is 0 Å². The fourth-order valence-electron chi connectivity index (χ4n) is 2.51. The van der Waals surface area contributed by atoms with Gasteiger partial charge in [-0.05, 0) is 32.2 Å². The first kappa shape index (κ1) is 17.6. The third-order valence-electron chi connectivity index (χ3n) is 4.70. The van der Waals surface area contributed by atoms with Gasteiger partial charge in [0, 0.05) is 5.56 Å². The van der Waals surface area contributed by atoms with Crippen molar-refractivity contribution < 1.29 is 17.6 Å². The predicted molar refractivity (Wildman–Crippen MR) is 93.1 cm³/mol. The fraction of sp³-hybridized carbons (Fsp3) is 0.533. The molecule has 1 aliphatic heterocycles. The summed E-state index contributed by atoms with van der Waals surface area (Å²) >= 11 is 0. The van der Waals surface area contributed by atoms with Gasteiger partial charge in [0.25, 0.3) is 0 Å². The summed E-state index contributed by atoms with van der Waals surface area (Å²) in [7, 11) is -7.26. The number of benzene rings is 1. The normalized spacial score (nSPS) is 24.9. The molecule has 0 fully saturated rings. The van der Waals surface area contributed by atoms with Crippen LogP contribution < -0.4 is 0 Å². The van der Waals surface area contributed by atoms with Gasteiger partial charge in [-0.2, -0.15) is 0 Å². The topological polar surface area (TPSA) is 60.4 Å². The zero-order chi connectivity index (χ0) is 17.0. The second-order valence-electron chi connectivity index (χ2n) is 7.68. The SMILES string of the molecule is CC1(O[Si](C)(C)[Si](C)(C)C)CS(=O)(=O)c2ccccc2C1=O. The Bertz CT molecular complexity index is 719. The monoisotopic (exact) mass is 356 g/mol. The zero-order valence-electron chi connectivity index (χ0n) is 14.1. The lowest BCUT2D eigenvalue weighted by Gasteiger charge is -2.43. The highest BCUT2D eigenvalue weighted by Gasteiger charge is 2.52. The molecule has 0 amide bonds. The quantitative estimate of drug-likeness (QED) is 0.781. The van der Waals surface area contributed by atoms with Crippen molar-refractivity contribution in [1.82, 2.24) is 0 Å². The number of sulfone groups is 1. The van der Waals surface area contributed by atoms with Crippen molar-refractivity contribution in [3.8, 4) is 0 Å². The first-order valence-corrected chi connectivity index (χ1v) is 16.4. The molecule has 4 nitrogen and oxygen atoms in total. The summed E-state index contributed by atoms with van der Waals surface area (Å²) in [6.45, 7) is 12.4. The zero-order valence-corrected chi connectivity index (χ0v) is 16.9. The Kier molecular flexibility index (Phi) is 4.09. The Hall–Kier alpha value is -0.766. The number of Topliss-reactive ketones (excluding diaryl/α,β-unsaturated/α-hetero) is 1. The molecule has 0 saturated carbocycles. The molecule has 0 N–H and O–H groups in total. The number of rotatable bonds is 3. The highest BCUT2D eigenvalue weighted by molar-refractivity contribution is 7.91. The first-order chi connectivity index (χ1) is 9.80. The number of hydrogen-bond donors (Lipinski definition) is 0. The standard InChI is InChI=1S/C15H24O4SSi2/c1-15(19-22(5,6)21(2,3)4)11-20(17,18)13-10-8-7-9-12(13)14(15)16/h7-10H,11H2,1-6H3. The third kappa shape index (κ3) is 2.87. The van der Waals surface area contributed by atoms with Crippen molar-refractivity contribution in [3.05, 3.63) is 29.8 Å². The van der Waals surface area contributed by atoms with Gasteiger partial charge in [0.05, 0.1) is 18.2 Å². The fourth-order valence-corrected chi connectivity index (χ4v) is 7.66. The highest BCUT2D eigenvalue weighted by Crippen LogP contribution is 2.36. The summed E-state index contributed by atoms with van der Waals surface area (Å²) in [5, 5.41) is 0. The van der Waals surface area contributed by atoms with Gasteiger partial charge in [0.2, 0.25) is 0 Å². The van der Waals surface area contributed by atoms with Crippen LogP contribution in [0.25, 0.3) is 0 Å². The minimum absolute atomic E-state index is 0.133. The summed E-state index contributed by atoms with van der Waals surface area (Å²) in [5.74, 6) is -0.478. The maximum atomic E-state index is 12.9. The second-order valence-corrected chi connectivity index (χ2v) is 25.5. The lowest BCUT2D eigenvalue weighted by Crippen LogP contribution is -2.63. The molecule has 2 rings (SSSR count). The molecule has 0 spiro atoms. The molecule has 0 radical (unpaired) electrons. The van der Waals surface area contributed by atoms with Gasteiger partial charge in [-0.3, -0.25) is 4.79 Å². The van der Waals surface area contributed by atoms with E-state index in [-0.39, 0.29) is 22.0 Å².